The molecule has 16 heavy (non-hydrogen) atoms. The van der Waals surface area contributed by atoms with Gasteiger partial charge < -0.3 is 5.73 Å². The number of nitrogens with zero attached hydrogens (tertiary/aromatic N) is 2. The van der Waals surface area contributed by atoms with Crippen LogP contribution in [0.4, 0.5) is 0 Å². The molecule has 1 aromatic rings. The molecule has 1 heterocycles. The van der Waals surface area contributed by atoms with Crippen molar-refractivity contribution in [3.63, 3.8) is 0 Å². The van der Waals surface area contributed by atoms with Crippen molar-refractivity contribution < 1.29 is 0 Å². The number of hydrogen-bond acceptors (Lipinski definition) is 4. The zero-order chi connectivity index (χ0) is 12.0. The molecular weight excluding hydrogens is 218 g/mol. The number of rotatable bonds is 6. The van der Waals surface area contributed by atoms with Crippen molar-refractivity contribution in [2.45, 2.75) is 51.6 Å². The minimum absolute atomic E-state index is 0.554. The van der Waals surface area contributed by atoms with Crippen LogP contribution in [0.5, 0.6) is 0 Å². The second-order valence-electron chi connectivity index (χ2n) is 3.95. The zero-order valence-corrected chi connectivity index (χ0v) is 11.2. The lowest BCUT2D eigenvalue weighted by Crippen LogP contribution is -2.07. The first-order valence-corrected chi connectivity index (χ1v) is 6.84. The van der Waals surface area contributed by atoms with Crippen LogP contribution in [0.25, 0.3) is 0 Å². The summed E-state index contributed by atoms with van der Waals surface area (Å²) in [4.78, 5) is 0. The van der Waals surface area contributed by atoms with Gasteiger partial charge in [-0.1, -0.05) is 19.8 Å². The van der Waals surface area contributed by atoms with E-state index in [1.807, 2.05) is 6.92 Å². The van der Waals surface area contributed by atoms with Crippen LogP contribution in [0, 0.1) is 13.8 Å². The van der Waals surface area contributed by atoms with E-state index in [2.05, 4.69) is 24.0 Å². The summed E-state index contributed by atoms with van der Waals surface area (Å²) >= 11 is 1.78. The molecule has 3 nitrogen and oxygen atoms in total. The monoisotopic (exact) mass is 239 g/mol. The molecule has 4 heteroatoms. The van der Waals surface area contributed by atoms with E-state index in [-0.39, 0.29) is 0 Å². The summed E-state index contributed by atoms with van der Waals surface area (Å²) in [6.07, 6.45) is 3.77. The smallest absolute Gasteiger partial charge is 0.124 e. The first kappa shape index (κ1) is 13.5. The summed E-state index contributed by atoms with van der Waals surface area (Å²) in [5, 5.41) is 9.42. The second-order valence-corrected chi connectivity index (χ2v) is 5.04. The molecule has 0 amide bonds. The molecule has 0 bridgehead atoms. The van der Waals surface area contributed by atoms with Gasteiger partial charge >= 0.3 is 0 Å². The molecule has 0 aliphatic carbocycles. The van der Waals surface area contributed by atoms with Gasteiger partial charge in [0, 0.05) is 12.1 Å². The Morgan fingerprint density at radius 2 is 1.94 bits per heavy atom. The van der Waals surface area contributed by atoms with Gasteiger partial charge in [0.25, 0.3) is 0 Å². The van der Waals surface area contributed by atoms with Gasteiger partial charge in [-0.05, 0) is 31.6 Å². The molecule has 1 aromatic heterocycles. The average Bonchev–Trinajstić information content (AvgIpc) is 2.29. The minimum atomic E-state index is 0.554. The molecule has 0 spiro atoms. The van der Waals surface area contributed by atoms with Crippen molar-refractivity contribution in [2.24, 2.45) is 5.73 Å². The van der Waals surface area contributed by atoms with Crippen molar-refractivity contribution in [1.29, 1.82) is 0 Å². The summed E-state index contributed by atoms with van der Waals surface area (Å²) in [5.74, 6) is 1.11. The topological polar surface area (TPSA) is 51.8 Å². The first-order chi connectivity index (χ1) is 7.70. The van der Waals surface area contributed by atoms with Crippen LogP contribution in [0.2, 0.25) is 0 Å². The molecule has 0 aliphatic rings. The Kier molecular flexibility index (Phi) is 5.77. The van der Waals surface area contributed by atoms with Gasteiger partial charge in [-0.25, -0.2) is 0 Å². The van der Waals surface area contributed by atoms with E-state index in [1.54, 1.807) is 11.8 Å². The van der Waals surface area contributed by atoms with E-state index in [1.165, 1.54) is 24.8 Å². The Balaban J connectivity index is 2.68. The fraction of sp³-hybridized carbons (Fsp3) is 0.667. The third kappa shape index (κ3) is 3.46. The van der Waals surface area contributed by atoms with Gasteiger partial charge in [0.15, 0.2) is 0 Å². The predicted molar refractivity (Wildman–Crippen MR) is 69.6 cm³/mol. The molecule has 90 valence electrons. The SMILES string of the molecule is CCCCCSc1nnc(C)c(C)c1CN. The van der Waals surface area contributed by atoms with E-state index < -0.39 is 0 Å². The van der Waals surface area contributed by atoms with Crippen molar-refractivity contribution >= 4 is 11.8 Å². The van der Waals surface area contributed by atoms with Gasteiger partial charge in [0.1, 0.15) is 5.03 Å². The highest BCUT2D eigenvalue weighted by molar-refractivity contribution is 7.99. The van der Waals surface area contributed by atoms with Crippen molar-refractivity contribution in [3.8, 4) is 0 Å². The highest BCUT2D eigenvalue weighted by Gasteiger charge is 2.09. The average molecular weight is 239 g/mol. The number of thioether (sulfide) groups is 1. The molecule has 1 rings (SSSR count). The summed E-state index contributed by atoms with van der Waals surface area (Å²) in [6, 6.07) is 0. The van der Waals surface area contributed by atoms with E-state index in [0.29, 0.717) is 6.54 Å². The summed E-state index contributed by atoms with van der Waals surface area (Å²) < 4.78 is 0. The minimum Gasteiger partial charge on any atom is -0.326 e. The third-order valence-corrected chi connectivity index (χ3v) is 3.83. The van der Waals surface area contributed by atoms with E-state index in [4.69, 9.17) is 5.73 Å². The molecule has 0 radical (unpaired) electrons. The summed E-state index contributed by atoms with van der Waals surface area (Å²) in [6.45, 7) is 6.82. The lowest BCUT2D eigenvalue weighted by molar-refractivity contribution is 0.774. The fourth-order valence-electron chi connectivity index (χ4n) is 1.51. The number of nitrogens with two attached hydrogens (primary N) is 1. The number of hydrogen-bond donors (Lipinski definition) is 1. The van der Waals surface area contributed by atoms with Crippen molar-refractivity contribution in [1.82, 2.24) is 10.2 Å². The Morgan fingerprint density at radius 3 is 2.56 bits per heavy atom. The van der Waals surface area contributed by atoms with Crippen LogP contribution < -0.4 is 5.73 Å². The second kappa shape index (κ2) is 6.86. The van der Waals surface area contributed by atoms with Crippen LogP contribution in [0.15, 0.2) is 5.03 Å². The lowest BCUT2D eigenvalue weighted by atomic mass is 10.1. The molecule has 2 N–H and O–H groups in total. The van der Waals surface area contributed by atoms with Crippen LogP contribution in [-0.2, 0) is 6.54 Å². The number of aromatic nitrogens is 2. The highest BCUT2D eigenvalue weighted by Crippen LogP contribution is 2.24. The van der Waals surface area contributed by atoms with Gasteiger partial charge in [-0.15, -0.1) is 16.9 Å². The normalized spacial score (nSPS) is 10.8. The largest absolute Gasteiger partial charge is 0.326 e. The van der Waals surface area contributed by atoms with Gasteiger partial charge in [-0.2, -0.15) is 5.10 Å². The van der Waals surface area contributed by atoms with Gasteiger partial charge in [0.05, 0.1) is 5.69 Å². The maximum atomic E-state index is 5.77. The highest BCUT2D eigenvalue weighted by atomic mass is 32.2. The molecule has 0 aliphatic heterocycles. The molecule has 0 atom stereocenters. The predicted octanol–water partition coefficient (Wildman–Crippen LogP) is 2.83. The molecule has 0 saturated carbocycles. The molecule has 0 unspecified atom stereocenters. The standard InChI is InChI=1S/C12H21N3S/c1-4-5-6-7-16-12-11(8-13)9(2)10(3)14-15-12/h4-8,13H2,1-3H3. The number of aryl methyl sites for hydroxylation is 1. The van der Waals surface area contributed by atoms with Crippen molar-refractivity contribution in [2.75, 3.05) is 5.75 Å². The quantitative estimate of drug-likeness (QED) is 0.612. The Morgan fingerprint density at radius 1 is 1.19 bits per heavy atom. The maximum absolute atomic E-state index is 5.77. The molecule has 0 fully saturated rings. The Labute approximate surface area is 102 Å². The number of unbranched alkanes of at least 4 members (excludes halogenated alkanes) is 2. The van der Waals surface area contributed by atoms with E-state index >= 15 is 0 Å². The Bertz CT molecular complexity index is 339. The van der Waals surface area contributed by atoms with Crippen LogP contribution in [0.1, 0.15) is 43.0 Å². The molecule has 0 saturated heterocycles. The Hall–Kier alpha value is -0.610. The summed E-state index contributed by atoms with van der Waals surface area (Å²) in [7, 11) is 0. The van der Waals surface area contributed by atoms with Gasteiger partial charge in [0.2, 0.25) is 0 Å². The maximum Gasteiger partial charge on any atom is 0.124 e. The molecular formula is C12H21N3S. The molecule has 0 aromatic carbocycles. The van der Waals surface area contributed by atoms with Crippen LogP contribution in [0.3, 0.4) is 0 Å². The first-order valence-electron chi connectivity index (χ1n) is 5.86. The summed E-state index contributed by atoms with van der Waals surface area (Å²) in [5.41, 5.74) is 9.11. The zero-order valence-electron chi connectivity index (χ0n) is 10.4. The van der Waals surface area contributed by atoms with E-state index in [0.717, 1.165) is 22.0 Å². The lowest BCUT2D eigenvalue weighted by Gasteiger charge is -2.10. The fourth-order valence-corrected chi connectivity index (χ4v) is 2.56. The third-order valence-electron chi connectivity index (χ3n) is 2.74. The van der Waals surface area contributed by atoms with Crippen molar-refractivity contribution in [3.05, 3.63) is 16.8 Å². The van der Waals surface area contributed by atoms with E-state index in [9.17, 15) is 0 Å². The van der Waals surface area contributed by atoms with Gasteiger partial charge in [-0.3, -0.25) is 0 Å². The van der Waals surface area contributed by atoms with Crippen LogP contribution in [-0.4, -0.2) is 16.0 Å². The van der Waals surface area contributed by atoms with Crippen LogP contribution >= 0.6 is 11.8 Å².